The highest BCUT2D eigenvalue weighted by Crippen LogP contribution is 2.19. The second-order valence-electron chi connectivity index (χ2n) is 3.00. The number of hydrogen-bond donors (Lipinski definition) is 0. The lowest BCUT2D eigenvalue weighted by atomic mass is 10.3. The summed E-state index contributed by atoms with van der Waals surface area (Å²) in [5.41, 5.74) is 0.407. The van der Waals surface area contributed by atoms with E-state index in [1.165, 1.54) is 18.5 Å². The summed E-state index contributed by atoms with van der Waals surface area (Å²) in [6.07, 6.45) is 4.09. The van der Waals surface area contributed by atoms with Gasteiger partial charge in [0.05, 0.1) is 12.4 Å². The van der Waals surface area contributed by atoms with Crippen LogP contribution in [0, 0.1) is 0 Å². The van der Waals surface area contributed by atoms with Crippen molar-refractivity contribution in [1.82, 2.24) is 9.97 Å². The maximum absolute atomic E-state index is 11.6. The number of aromatic nitrogens is 2. The van der Waals surface area contributed by atoms with Crippen LogP contribution in [0.5, 0.6) is 0 Å². The monoisotopic (exact) mass is 267 g/mol. The van der Waals surface area contributed by atoms with E-state index in [1.54, 1.807) is 6.92 Å². The minimum Gasteiger partial charge on any atom is -0.269 e. The Morgan fingerprint density at radius 1 is 1.27 bits per heavy atom. The van der Waals surface area contributed by atoms with E-state index < -0.39 is 0 Å². The van der Waals surface area contributed by atoms with Crippen LogP contribution in [0.4, 0.5) is 5.82 Å². The predicted molar refractivity (Wildman–Crippen MR) is 56.0 cm³/mol. The summed E-state index contributed by atoms with van der Waals surface area (Å²) < 4.78 is 0.551. The number of imide groups is 1. The van der Waals surface area contributed by atoms with Gasteiger partial charge in [0.25, 0.3) is 11.8 Å². The Balaban J connectivity index is 2.38. The number of anilines is 1. The first kappa shape index (κ1) is 9.97. The molecular weight excluding hydrogens is 262 g/mol. The van der Waals surface area contributed by atoms with Crippen molar-refractivity contribution in [3.05, 3.63) is 28.6 Å². The topological polar surface area (TPSA) is 63.2 Å². The zero-order valence-corrected chi connectivity index (χ0v) is 9.35. The number of halogens is 1. The van der Waals surface area contributed by atoms with Crippen molar-refractivity contribution in [3.8, 4) is 0 Å². The highest BCUT2D eigenvalue weighted by Gasteiger charge is 2.30. The van der Waals surface area contributed by atoms with Crippen LogP contribution in [-0.2, 0) is 9.59 Å². The summed E-state index contributed by atoms with van der Waals surface area (Å²) >= 11 is 3.12. The zero-order chi connectivity index (χ0) is 11.0. The van der Waals surface area contributed by atoms with Gasteiger partial charge in [0, 0.05) is 11.6 Å². The fraction of sp³-hybridized carbons (Fsp3) is 0.111. The summed E-state index contributed by atoms with van der Waals surface area (Å²) in [7, 11) is 0. The van der Waals surface area contributed by atoms with Crippen LogP contribution >= 0.6 is 15.9 Å². The van der Waals surface area contributed by atoms with E-state index in [1.807, 2.05) is 0 Å². The minimum absolute atomic E-state index is 0.237. The molecule has 6 heteroatoms. The Bertz CT molecular complexity index is 467. The third-order valence-electron chi connectivity index (χ3n) is 1.94. The Labute approximate surface area is 94.0 Å². The minimum atomic E-state index is -0.380. The molecule has 0 saturated heterocycles. The van der Waals surface area contributed by atoms with E-state index in [0.29, 0.717) is 10.2 Å². The van der Waals surface area contributed by atoms with Crippen LogP contribution in [0.2, 0.25) is 0 Å². The van der Waals surface area contributed by atoms with E-state index in [2.05, 4.69) is 25.9 Å². The Morgan fingerprint density at radius 2 is 2.00 bits per heavy atom. The van der Waals surface area contributed by atoms with Gasteiger partial charge in [-0.2, -0.15) is 0 Å². The van der Waals surface area contributed by atoms with Gasteiger partial charge in [0.2, 0.25) is 0 Å². The third kappa shape index (κ3) is 1.68. The first-order chi connectivity index (χ1) is 7.09. The normalized spacial score (nSPS) is 15.9. The Kier molecular flexibility index (Phi) is 2.36. The van der Waals surface area contributed by atoms with Crippen LogP contribution in [-0.4, -0.2) is 21.8 Å². The van der Waals surface area contributed by atoms with Gasteiger partial charge in [-0.15, -0.1) is 0 Å². The Hall–Kier alpha value is -1.56. The van der Waals surface area contributed by atoms with Crippen LogP contribution in [0.25, 0.3) is 0 Å². The van der Waals surface area contributed by atoms with Gasteiger partial charge in [-0.1, -0.05) is 0 Å². The molecule has 2 amide bonds. The van der Waals surface area contributed by atoms with Crippen molar-refractivity contribution in [2.24, 2.45) is 0 Å². The number of rotatable bonds is 1. The van der Waals surface area contributed by atoms with Crippen molar-refractivity contribution >= 4 is 33.6 Å². The van der Waals surface area contributed by atoms with Gasteiger partial charge in [0.1, 0.15) is 4.60 Å². The summed E-state index contributed by atoms with van der Waals surface area (Å²) in [6.45, 7) is 1.59. The van der Waals surface area contributed by atoms with Crippen molar-refractivity contribution in [2.75, 3.05) is 4.90 Å². The quantitative estimate of drug-likeness (QED) is 0.714. The average molecular weight is 268 g/mol. The highest BCUT2D eigenvalue weighted by atomic mass is 79.9. The highest BCUT2D eigenvalue weighted by molar-refractivity contribution is 9.10. The second kappa shape index (κ2) is 3.54. The molecule has 1 aliphatic heterocycles. The maximum atomic E-state index is 11.6. The summed E-state index contributed by atoms with van der Waals surface area (Å²) in [6, 6.07) is 0. The van der Waals surface area contributed by atoms with Gasteiger partial charge < -0.3 is 0 Å². The van der Waals surface area contributed by atoms with Crippen LogP contribution in [0.1, 0.15) is 6.92 Å². The largest absolute Gasteiger partial charge is 0.269 e. The van der Waals surface area contributed by atoms with Gasteiger partial charge in [-0.05, 0) is 22.9 Å². The number of amides is 2. The molecule has 0 aromatic carbocycles. The second-order valence-corrected chi connectivity index (χ2v) is 3.82. The Morgan fingerprint density at radius 3 is 2.47 bits per heavy atom. The molecule has 1 aromatic heterocycles. The standard InChI is InChI=1S/C9H6BrN3O2/c1-5-2-8(14)13(9(5)15)7-4-11-6(10)3-12-7/h2-4H,1H3. The molecule has 0 spiro atoms. The van der Waals surface area contributed by atoms with Crippen molar-refractivity contribution in [2.45, 2.75) is 6.92 Å². The van der Waals surface area contributed by atoms with E-state index in [-0.39, 0.29) is 17.6 Å². The number of carbonyl (C=O) groups excluding carboxylic acids is 2. The molecule has 15 heavy (non-hydrogen) atoms. The molecule has 1 aromatic rings. The SMILES string of the molecule is CC1=CC(=O)N(c2cnc(Br)cn2)C1=O. The zero-order valence-electron chi connectivity index (χ0n) is 7.77. The molecular formula is C9H6BrN3O2. The molecule has 0 radical (unpaired) electrons. The molecule has 0 atom stereocenters. The molecule has 76 valence electrons. The first-order valence-electron chi connectivity index (χ1n) is 4.14. The lowest BCUT2D eigenvalue weighted by Gasteiger charge is -2.11. The van der Waals surface area contributed by atoms with E-state index in [0.717, 1.165) is 4.90 Å². The van der Waals surface area contributed by atoms with Crippen LogP contribution < -0.4 is 4.90 Å². The van der Waals surface area contributed by atoms with Crippen molar-refractivity contribution < 1.29 is 9.59 Å². The summed E-state index contributed by atoms with van der Waals surface area (Å²) in [4.78, 5) is 31.8. The number of carbonyl (C=O) groups is 2. The third-order valence-corrected chi connectivity index (χ3v) is 2.35. The number of hydrogen-bond acceptors (Lipinski definition) is 4. The molecule has 2 heterocycles. The molecule has 0 fully saturated rings. The molecule has 5 nitrogen and oxygen atoms in total. The van der Waals surface area contributed by atoms with E-state index in [9.17, 15) is 9.59 Å². The molecule has 0 unspecified atom stereocenters. The number of nitrogens with zero attached hydrogens (tertiary/aromatic N) is 3. The molecule has 1 aliphatic rings. The lowest BCUT2D eigenvalue weighted by Crippen LogP contribution is -2.31. The van der Waals surface area contributed by atoms with Crippen LogP contribution in [0.15, 0.2) is 28.6 Å². The van der Waals surface area contributed by atoms with Gasteiger partial charge in [-0.3, -0.25) is 9.59 Å². The fourth-order valence-electron chi connectivity index (χ4n) is 1.23. The summed E-state index contributed by atoms with van der Waals surface area (Å²) in [5.74, 6) is -0.493. The summed E-state index contributed by atoms with van der Waals surface area (Å²) in [5, 5.41) is 0. The predicted octanol–water partition coefficient (Wildman–Crippen LogP) is 1.06. The van der Waals surface area contributed by atoms with Crippen molar-refractivity contribution in [1.29, 1.82) is 0 Å². The first-order valence-corrected chi connectivity index (χ1v) is 4.93. The molecule has 2 rings (SSSR count). The van der Waals surface area contributed by atoms with E-state index in [4.69, 9.17) is 0 Å². The van der Waals surface area contributed by atoms with E-state index >= 15 is 0 Å². The molecule has 0 bridgehead atoms. The molecule has 0 saturated carbocycles. The van der Waals surface area contributed by atoms with Gasteiger partial charge in [-0.25, -0.2) is 14.9 Å². The van der Waals surface area contributed by atoms with Gasteiger partial charge >= 0.3 is 0 Å². The smallest absolute Gasteiger partial charge is 0.262 e. The average Bonchev–Trinajstić information content (AvgIpc) is 2.44. The van der Waals surface area contributed by atoms with Crippen LogP contribution in [0.3, 0.4) is 0 Å². The lowest BCUT2D eigenvalue weighted by molar-refractivity contribution is -0.120. The molecule has 0 aliphatic carbocycles. The maximum Gasteiger partial charge on any atom is 0.262 e. The van der Waals surface area contributed by atoms with Crippen molar-refractivity contribution in [3.63, 3.8) is 0 Å². The molecule has 0 N–H and O–H groups in total. The van der Waals surface area contributed by atoms with Gasteiger partial charge in [0.15, 0.2) is 5.82 Å². The fourth-order valence-corrected chi connectivity index (χ4v) is 1.43.